The maximum Gasteiger partial charge on any atom is 0.410 e. The van der Waals surface area contributed by atoms with Crippen molar-refractivity contribution in [2.75, 3.05) is 19.3 Å². The molecule has 1 fully saturated rings. The van der Waals surface area contributed by atoms with Crippen LogP contribution in [0.2, 0.25) is 0 Å². The van der Waals surface area contributed by atoms with Crippen LogP contribution in [0.5, 0.6) is 0 Å². The van der Waals surface area contributed by atoms with Crippen LogP contribution in [0.25, 0.3) is 0 Å². The zero-order chi connectivity index (χ0) is 19.8. The Morgan fingerprint density at radius 3 is 1.88 bits per heavy atom. The van der Waals surface area contributed by atoms with Crippen molar-refractivity contribution in [2.24, 2.45) is 0 Å². The molecule has 0 spiro atoms. The third-order valence-electron chi connectivity index (χ3n) is 4.11. The molecule has 1 heterocycles. The summed E-state index contributed by atoms with van der Waals surface area (Å²) in [5.74, 6) is 0. The van der Waals surface area contributed by atoms with Gasteiger partial charge in [-0.05, 0) is 57.9 Å². The lowest BCUT2D eigenvalue weighted by atomic mass is 10.1. The number of rotatable bonds is 3. The van der Waals surface area contributed by atoms with Gasteiger partial charge in [-0.3, -0.25) is 0 Å². The van der Waals surface area contributed by atoms with Crippen LogP contribution in [0.4, 0.5) is 4.79 Å². The predicted molar refractivity (Wildman–Crippen MR) is 97.6 cm³/mol. The Morgan fingerprint density at radius 1 is 1.00 bits per heavy atom. The number of carbonyl (C=O) groups is 1. The predicted octanol–water partition coefficient (Wildman–Crippen LogP) is 2.26. The highest BCUT2D eigenvalue weighted by Gasteiger charge is 2.34. The Hall–Kier alpha value is -1.61. The van der Waals surface area contributed by atoms with Crippen LogP contribution in [-0.2, 0) is 24.4 Å². The van der Waals surface area contributed by atoms with Gasteiger partial charge < -0.3 is 9.64 Å². The average Bonchev–Trinajstić information content (AvgIpc) is 2.52. The Kier molecular flexibility index (Phi) is 5.72. The molecule has 1 aromatic rings. The lowest BCUT2D eigenvalue weighted by molar-refractivity contribution is 0.0217. The van der Waals surface area contributed by atoms with Gasteiger partial charge in [0, 0.05) is 19.3 Å². The monoisotopic (exact) mass is 403 g/mol. The number of sulfone groups is 2. The normalized spacial score (nSPS) is 17.2. The second-order valence-corrected chi connectivity index (χ2v) is 11.7. The molecule has 0 aromatic heterocycles. The zero-order valence-corrected chi connectivity index (χ0v) is 17.1. The number of hydrogen-bond donors (Lipinski definition) is 0. The van der Waals surface area contributed by atoms with Gasteiger partial charge in [0.2, 0.25) is 0 Å². The second-order valence-electron chi connectivity index (χ2n) is 7.46. The maximum atomic E-state index is 12.8. The van der Waals surface area contributed by atoms with Crippen LogP contribution < -0.4 is 0 Å². The number of nitrogens with zero attached hydrogens (tertiary/aromatic N) is 1. The van der Waals surface area contributed by atoms with Gasteiger partial charge >= 0.3 is 6.09 Å². The highest BCUT2D eigenvalue weighted by molar-refractivity contribution is 7.92. The molecule has 0 atom stereocenters. The fourth-order valence-electron chi connectivity index (χ4n) is 2.74. The second kappa shape index (κ2) is 7.19. The Labute approximate surface area is 155 Å². The summed E-state index contributed by atoms with van der Waals surface area (Å²) in [6.07, 6.45) is 1.26. The molecular weight excluding hydrogens is 378 g/mol. The molecule has 1 aliphatic rings. The summed E-state index contributed by atoms with van der Waals surface area (Å²) in [7, 11) is -6.96. The lowest BCUT2D eigenvalue weighted by Crippen LogP contribution is -2.44. The van der Waals surface area contributed by atoms with E-state index in [0.29, 0.717) is 25.9 Å². The molecule has 2 rings (SSSR count). The van der Waals surface area contributed by atoms with Gasteiger partial charge in [-0.25, -0.2) is 21.6 Å². The van der Waals surface area contributed by atoms with Crippen LogP contribution in [0.15, 0.2) is 34.1 Å². The number of hydrogen-bond acceptors (Lipinski definition) is 6. The molecule has 0 aliphatic carbocycles. The fourth-order valence-corrected chi connectivity index (χ4v) is 5.11. The number of piperidine rings is 1. The quantitative estimate of drug-likeness (QED) is 0.768. The minimum atomic E-state index is -3.58. The Bertz CT molecular complexity index is 859. The van der Waals surface area contributed by atoms with Crippen LogP contribution in [0, 0.1) is 0 Å². The summed E-state index contributed by atoms with van der Waals surface area (Å²) in [6, 6.07) is 5.26. The standard InChI is InChI=1S/C17H25NO6S2/c1-17(2,3)24-16(19)18-11-9-15(10-12-18)26(22,23)14-7-5-13(6-8-14)25(4,20)21/h5-8,15H,9-12H2,1-4H3. The van der Waals surface area contributed by atoms with Gasteiger partial charge in [0.25, 0.3) is 0 Å². The minimum Gasteiger partial charge on any atom is -0.444 e. The first-order valence-corrected chi connectivity index (χ1v) is 11.8. The van der Waals surface area contributed by atoms with Crippen molar-refractivity contribution in [3.05, 3.63) is 24.3 Å². The van der Waals surface area contributed by atoms with Gasteiger partial charge in [-0.1, -0.05) is 0 Å². The van der Waals surface area contributed by atoms with Crippen molar-refractivity contribution in [3.63, 3.8) is 0 Å². The highest BCUT2D eigenvalue weighted by atomic mass is 32.2. The van der Waals surface area contributed by atoms with E-state index in [2.05, 4.69) is 0 Å². The summed E-state index contributed by atoms with van der Waals surface area (Å²) in [4.78, 5) is 13.8. The van der Waals surface area contributed by atoms with Crippen LogP contribution in [0.3, 0.4) is 0 Å². The molecular formula is C17H25NO6S2. The largest absolute Gasteiger partial charge is 0.444 e. The van der Waals surface area contributed by atoms with Crippen molar-refractivity contribution >= 4 is 25.8 Å². The van der Waals surface area contributed by atoms with E-state index in [1.165, 1.54) is 29.2 Å². The van der Waals surface area contributed by atoms with Gasteiger partial charge in [0.05, 0.1) is 15.0 Å². The van der Waals surface area contributed by atoms with E-state index in [4.69, 9.17) is 4.74 Å². The van der Waals surface area contributed by atoms with E-state index in [-0.39, 0.29) is 9.79 Å². The van der Waals surface area contributed by atoms with Gasteiger partial charge in [0.15, 0.2) is 19.7 Å². The molecule has 1 aromatic carbocycles. The molecule has 0 saturated carbocycles. The number of carbonyl (C=O) groups excluding carboxylic acids is 1. The van der Waals surface area contributed by atoms with Crippen LogP contribution in [0.1, 0.15) is 33.6 Å². The summed E-state index contributed by atoms with van der Waals surface area (Å²) >= 11 is 0. The Balaban J connectivity index is 2.07. The van der Waals surface area contributed by atoms with E-state index in [0.717, 1.165) is 6.26 Å². The molecule has 7 nitrogen and oxygen atoms in total. The van der Waals surface area contributed by atoms with Crippen molar-refractivity contribution in [1.29, 1.82) is 0 Å². The fraction of sp³-hybridized carbons (Fsp3) is 0.588. The van der Waals surface area contributed by atoms with Crippen molar-refractivity contribution < 1.29 is 26.4 Å². The van der Waals surface area contributed by atoms with E-state index in [1.807, 2.05) is 0 Å². The van der Waals surface area contributed by atoms with Crippen molar-refractivity contribution in [3.8, 4) is 0 Å². The molecule has 26 heavy (non-hydrogen) atoms. The number of ether oxygens (including phenoxy) is 1. The SMILES string of the molecule is CC(C)(C)OC(=O)N1CCC(S(=O)(=O)c2ccc(S(C)(=O)=O)cc2)CC1. The average molecular weight is 404 g/mol. The van der Waals surface area contributed by atoms with Crippen molar-refractivity contribution in [2.45, 2.75) is 54.3 Å². The number of amides is 1. The maximum absolute atomic E-state index is 12.8. The molecule has 0 N–H and O–H groups in total. The summed E-state index contributed by atoms with van der Waals surface area (Å²) < 4.78 is 53.8. The first-order chi connectivity index (χ1) is 11.8. The summed E-state index contributed by atoms with van der Waals surface area (Å²) in [5.41, 5.74) is -0.596. The number of benzene rings is 1. The molecule has 9 heteroatoms. The molecule has 0 radical (unpaired) electrons. The van der Waals surface area contributed by atoms with E-state index in [1.54, 1.807) is 20.8 Å². The highest BCUT2D eigenvalue weighted by Crippen LogP contribution is 2.26. The zero-order valence-electron chi connectivity index (χ0n) is 15.4. The molecule has 0 unspecified atom stereocenters. The lowest BCUT2D eigenvalue weighted by Gasteiger charge is -2.33. The molecule has 1 saturated heterocycles. The van der Waals surface area contributed by atoms with Crippen molar-refractivity contribution in [1.82, 2.24) is 4.90 Å². The molecule has 1 aliphatic heterocycles. The first-order valence-electron chi connectivity index (χ1n) is 8.33. The van der Waals surface area contributed by atoms with E-state index < -0.39 is 36.6 Å². The van der Waals surface area contributed by atoms with Crippen LogP contribution >= 0.6 is 0 Å². The van der Waals surface area contributed by atoms with Gasteiger partial charge in [-0.15, -0.1) is 0 Å². The topological polar surface area (TPSA) is 97.8 Å². The smallest absolute Gasteiger partial charge is 0.410 e. The summed E-state index contributed by atoms with van der Waals surface area (Å²) in [6.45, 7) is 5.95. The van der Waals surface area contributed by atoms with E-state index in [9.17, 15) is 21.6 Å². The molecule has 1 amide bonds. The van der Waals surface area contributed by atoms with Gasteiger partial charge in [0.1, 0.15) is 5.60 Å². The Morgan fingerprint density at radius 2 is 1.46 bits per heavy atom. The third kappa shape index (κ3) is 4.97. The molecule has 0 bridgehead atoms. The first kappa shape index (κ1) is 20.7. The van der Waals surface area contributed by atoms with Gasteiger partial charge in [-0.2, -0.15) is 0 Å². The van der Waals surface area contributed by atoms with E-state index >= 15 is 0 Å². The minimum absolute atomic E-state index is 0.0798. The third-order valence-corrected chi connectivity index (χ3v) is 7.52. The molecule has 146 valence electrons. The summed E-state index contributed by atoms with van der Waals surface area (Å²) in [5, 5.41) is -0.606. The number of likely N-dealkylation sites (tertiary alicyclic amines) is 1. The van der Waals surface area contributed by atoms with Crippen LogP contribution in [-0.4, -0.2) is 58.0 Å².